The number of sulfonamides is 1. The van der Waals surface area contributed by atoms with Crippen LogP contribution >= 0.6 is 0 Å². The van der Waals surface area contributed by atoms with Crippen LogP contribution in [0.1, 0.15) is 27.3 Å². The lowest BCUT2D eigenvalue weighted by Crippen LogP contribution is -2.21. The van der Waals surface area contributed by atoms with Crippen LogP contribution in [0.2, 0.25) is 0 Å². The highest BCUT2D eigenvalue weighted by Gasteiger charge is 2.39. The summed E-state index contributed by atoms with van der Waals surface area (Å²) in [5, 5.41) is 2.21. The largest absolute Gasteiger partial charge is 0.480 e. The van der Waals surface area contributed by atoms with Crippen LogP contribution in [0.5, 0.6) is 5.88 Å². The minimum absolute atomic E-state index is 0.165. The number of ether oxygens (including phenoxy) is 1. The fourth-order valence-electron chi connectivity index (χ4n) is 3.13. The second-order valence-electron chi connectivity index (χ2n) is 7.11. The molecule has 0 atom stereocenters. The molecular formula is C20H20F3N5O4S. The molecule has 0 spiro atoms. The fourth-order valence-corrected chi connectivity index (χ4v) is 4.48. The average molecular weight is 483 g/mol. The van der Waals surface area contributed by atoms with Gasteiger partial charge >= 0.3 is 6.18 Å². The van der Waals surface area contributed by atoms with Crippen molar-refractivity contribution in [3.8, 4) is 5.88 Å². The summed E-state index contributed by atoms with van der Waals surface area (Å²) in [6.45, 7) is 3.45. The first-order valence-corrected chi connectivity index (χ1v) is 10.9. The molecule has 2 aromatic heterocycles. The predicted molar refractivity (Wildman–Crippen MR) is 114 cm³/mol. The number of nitrogens with zero attached hydrogens (tertiary/aromatic N) is 3. The Morgan fingerprint density at radius 1 is 1.15 bits per heavy atom. The second kappa shape index (κ2) is 8.73. The highest BCUT2D eigenvalue weighted by Crippen LogP contribution is 2.32. The number of methoxy groups -OCH3 is 1. The Balaban J connectivity index is 1.97. The zero-order valence-corrected chi connectivity index (χ0v) is 18.8. The molecule has 9 nitrogen and oxygen atoms in total. The van der Waals surface area contributed by atoms with E-state index < -0.39 is 38.4 Å². The number of aromatic nitrogens is 3. The van der Waals surface area contributed by atoms with Crippen LogP contribution in [0, 0.1) is 13.8 Å². The molecule has 0 fully saturated rings. The van der Waals surface area contributed by atoms with Gasteiger partial charge in [0.2, 0.25) is 5.88 Å². The molecule has 0 saturated heterocycles. The third kappa shape index (κ3) is 4.92. The van der Waals surface area contributed by atoms with Crippen molar-refractivity contribution < 1.29 is 31.1 Å². The van der Waals surface area contributed by atoms with Gasteiger partial charge in [-0.3, -0.25) is 9.52 Å². The summed E-state index contributed by atoms with van der Waals surface area (Å²) in [5.74, 6) is -1.44. The van der Waals surface area contributed by atoms with Crippen LogP contribution in [0.4, 0.5) is 24.5 Å². The van der Waals surface area contributed by atoms with E-state index in [1.807, 2.05) is 0 Å². The number of carbonyl (C=O) groups excluding carboxylic acids is 1. The van der Waals surface area contributed by atoms with Crippen molar-refractivity contribution in [2.75, 3.05) is 17.1 Å². The number of nitrogens with one attached hydrogen (secondary N) is 2. The molecule has 0 aliphatic carbocycles. The van der Waals surface area contributed by atoms with E-state index in [9.17, 15) is 26.4 Å². The van der Waals surface area contributed by atoms with Gasteiger partial charge < -0.3 is 14.6 Å². The zero-order chi connectivity index (χ0) is 24.6. The van der Waals surface area contributed by atoms with Crippen LogP contribution in [0.25, 0.3) is 0 Å². The van der Waals surface area contributed by atoms with E-state index in [0.29, 0.717) is 21.4 Å². The second-order valence-corrected chi connectivity index (χ2v) is 8.76. The highest BCUT2D eigenvalue weighted by molar-refractivity contribution is 7.92. The van der Waals surface area contributed by atoms with Crippen LogP contribution in [0.3, 0.4) is 0 Å². The summed E-state index contributed by atoms with van der Waals surface area (Å²) in [4.78, 5) is 19.4. The van der Waals surface area contributed by atoms with Crippen molar-refractivity contribution in [3.05, 3.63) is 59.3 Å². The summed E-state index contributed by atoms with van der Waals surface area (Å²) in [5.41, 5.74) is -0.571. The van der Waals surface area contributed by atoms with Crippen molar-refractivity contribution in [2.45, 2.75) is 24.9 Å². The molecule has 0 bridgehead atoms. The molecule has 0 saturated carbocycles. The summed E-state index contributed by atoms with van der Waals surface area (Å²) in [6.07, 6.45) is -2.90. The van der Waals surface area contributed by atoms with Gasteiger partial charge in [0.15, 0.2) is 16.3 Å². The summed E-state index contributed by atoms with van der Waals surface area (Å²) in [6, 6.07) is 6.26. The topological polar surface area (TPSA) is 115 Å². The molecular weight excluding hydrogens is 463 g/mol. The summed E-state index contributed by atoms with van der Waals surface area (Å²) in [7, 11) is -1.93. The van der Waals surface area contributed by atoms with E-state index in [0.717, 1.165) is 25.6 Å². The van der Waals surface area contributed by atoms with Crippen molar-refractivity contribution >= 4 is 27.3 Å². The Kier molecular flexibility index (Phi) is 6.36. The lowest BCUT2D eigenvalue weighted by atomic mass is 10.1. The monoisotopic (exact) mass is 483 g/mol. The SMILES string of the molecule is COc1ncc(NC(=O)c2ncn(C)c2C(F)(F)F)cc1S(=O)(=O)Nc1c(C)cccc1C. The van der Waals surface area contributed by atoms with Crippen molar-refractivity contribution in [1.29, 1.82) is 0 Å². The summed E-state index contributed by atoms with van der Waals surface area (Å²) >= 11 is 0. The number of aryl methyl sites for hydroxylation is 3. The Labute approximate surface area is 187 Å². The molecule has 2 N–H and O–H groups in total. The molecule has 2 heterocycles. The number of imidazole rings is 1. The van der Waals surface area contributed by atoms with Crippen molar-refractivity contribution in [3.63, 3.8) is 0 Å². The van der Waals surface area contributed by atoms with Crippen LogP contribution in [0.15, 0.2) is 41.7 Å². The maximum absolute atomic E-state index is 13.3. The first kappa shape index (κ1) is 24.0. The van der Waals surface area contributed by atoms with E-state index in [-0.39, 0.29) is 11.6 Å². The van der Waals surface area contributed by atoms with Gasteiger partial charge in [-0.1, -0.05) is 18.2 Å². The average Bonchev–Trinajstić information content (AvgIpc) is 3.13. The highest BCUT2D eigenvalue weighted by atomic mass is 32.2. The van der Waals surface area contributed by atoms with E-state index in [1.54, 1.807) is 32.0 Å². The molecule has 33 heavy (non-hydrogen) atoms. The Morgan fingerprint density at radius 2 is 1.79 bits per heavy atom. The van der Waals surface area contributed by atoms with E-state index in [1.165, 1.54) is 7.11 Å². The number of benzene rings is 1. The van der Waals surface area contributed by atoms with Crippen molar-refractivity contribution in [1.82, 2.24) is 14.5 Å². The third-order valence-corrected chi connectivity index (χ3v) is 6.04. The fraction of sp³-hybridized carbons (Fsp3) is 0.250. The van der Waals surface area contributed by atoms with Crippen LogP contribution < -0.4 is 14.8 Å². The number of rotatable bonds is 6. The maximum atomic E-state index is 13.3. The van der Waals surface area contributed by atoms with E-state index >= 15 is 0 Å². The number of para-hydroxylation sites is 1. The first-order valence-electron chi connectivity index (χ1n) is 9.38. The van der Waals surface area contributed by atoms with Crippen molar-refractivity contribution in [2.24, 2.45) is 7.05 Å². The standard InChI is InChI=1S/C20H20F3N5O4S/c1-11-6-5-7-12(2)15(11)27-33(30,31)14-8-13(9-24-19(14)32-4)26-18(29)16-17(20(21,22)23)28(3)10-25-16/h5-10,27H,1-4H3,(H,26,29). The number of hydrogen-bond donors (Lipinski definition) is 2. The van der Waals surface area contributed by atoms with E-state index in [2.05, 4.69) is 20.0 Å². The van der Waals surface area contributed by atoms with Gasteiger partial charge in [-0.2, -0.15) is 13.2 Å². The van der Waals surface area contributed by atoms with Gasteiger partial charge in [-0.25, -0.2) is 18.4 Å². The molecule has 1 amide bonds. The molecule has 0 aliphatic rings. The molecule has 0 unspecified atom stereocenters. The molecule has 1 aromatic carbocycles. The quantitative estimate of drug-likeness (QED) is 0.555. The minimum atomic E-state index is -4.82. The maximum Gasteiger partial charge on any atom is 0.433 e. The number of alkyl halides is 3. The van der Waals surface area contributed by atoms with Gasteiger partial charge in [0.05, 0.1) is 31.0 Å². The van der Waals surface area contributed by atoms with Gasteiger partial charge in [-0.05, 0) is 31.0 Å². The minimum Gasteiger partial charge on any atom is -0.480 e. The van der Waals surface area contributed by atoms with Crippen LogP contribution in [-0.2, 0) is 23.2 Å². The summed E-state index contributed by atoms with van der Waals surface area (Å²) < 4.78 is 74.1. The molecule has 0 radical (unpaired) electrons. The molecule has 3 aromatic rings. The molecule has 176 valence electrons. The number of anilines is 2. The Morgan fingerprint density at radius 3 is 2.36 bits per heavy atom. The van der Waals surface area contributed by atoms with E-state index in [4.69, 9.17) is 4.74 Å². The third-order valence-electron chi connectivity index (χ3n) is 4.70. The van der Waals surface area contributed by atoms with Gasteiger partial charge in [-0.15, -0.1) is 0 Å². The number of pyridine rings is 1. The van der Waals surface area contributed by atoms with Crippen LogP contribution in [-0.4, -0.2) is 36.0 Å². The molecule has 0 aliphatic heterocycles. The smallest absolute Gasteiger partial charge is 0.433 e. The molecule has 3 rings (SSSR count). The number of amides is 1. The first-order chi connectivity index (χ1) is 15.3. The van der Waals surface area contributed by atoms with Gasteiger partial charge in [0.1, 0.15) is 0 Å². The number of halogens is 3. The lowest BCUT2D eigenvalue weighted by Gasteiger charge is -2.15. The lowest BCUT2D eigenvalue weighted by molar-refractivity contribution is -0.143. The number of carbonyl (C=O) groups is 1. The predicted octanol–water partition coefficient (Wildman–Crippen LogP) is 3.51. The van der Waals surface area contributed by atoms with Gasteiger partial charge in [0.25, 0.3) is 15.9 Å². The molecule has 13 heteroatoms. The van der Waals surface area contributed by atoms with Gasteiger partial charge in [0, 0.05) is 7.05 Å². The number of hydrogen-bond acceptors (Lipinski definition) is 6. The normalized spacial score (nSPS) is 11.8. The Bertz CT molecular complexity index is 1300. The Hall–Kier alpha value is -3.61. The zero-order valence-electron chi connectivity index (χ0n) is 18.0.